The summed E-state index contributed by atoms with van der Waals surface area (Å²) in [6.45, 7) is 5.82. The van der Waals surface area contributed by atoms with Gasteiger partial charge in [-0.15, -0.1) is 0 Å². The van der Waals surface area contributed by atoms with Gasteiger partial charge < -0.3 is 10.1 Å². The molecule has 1 aromatic carbocycles. The molecule has 3 rings (SSSR count). The van der Waals surface area contributed by atoms with Crippen molar-refractivity contribution in [2.24, 2.45) is 5.41 Å². The molecule has 1 N–H and O–H groups in total. The second-order valence-corrected chi connectivity index (χ2v) is 5.91. The van der Waals surface area contributed by atoms with Crippen molar-refractivity contribution in [3.63, 3.8) is 0 Å². The number of methoxy groups -OCH3 is 1. The van der Waals surface area contributed by atoms with Gasteiger partial charge in [0.05, 0.1) is 7.11 Å². The molecule has 4 heteroatoms. The van der Waals surface area contributed by atoms with E-state index >= 15 is 0 Å². The summed E-state index contributed by atoms with van der Waals surface area (Å²) < 4.78 is 5.44. The SMILES string of the molecule is COc1cc(C)ccc1CN1CC2(CNC(=O)C2)C1. The summed E-state index contributed by atoms with van der Waals surface area (Å²) in [5.74, 6) is 1.16. The zero-order chi connectivity index (χ0) is 13.5. The fourth-order valence-corrected chi connectivity index (χ4v) is 3.21. The molecule has 2 heterocycles. The Morgan fingerprint density at radius 1 is 1.42 bits per heavy atom. The molecule has 1 aromatic rings. The number of ether oxygens (including phenoxy) is 1. The zero-order valence-corrected chi connectivity index (χ0v) is 11.5. The van der Waals surface area contributed by atoms with Crippen LogP contribution >= 0.6 is 0 Å². The average molecular weight is 260 g/mol. The Kier molecular flexibility index (Phi) is 2.97. The van der Waals surface area contributed by atoms with Gasteiger partial charge in [0.25, 0.3) is 0 Å². The summed E-state index contributed by atoms with van der Waals surface area (Å²) in [6, 6.07) is 6.33. The predicted octanol–water partition coefficient (Wildman–Crippen LogP) is 1.33. The Labute approximate surface area is 113 Å². The normalized spacial score (nSPS) is 21.3. The largest absolute Gasteiger partial charge is 0.496 e. The van der Waals surface area contributed by atoms with Gasteiger partial charge in [0.15, 0.2) is 0 Å². The first kappa shape index (κ1) is 12.5. The van der Waals surface area contributed by atoms with Crippen molar-refractivity contribution in [3.05, 3.63) is 29.3 Å². The third-order valence-electron chi connectivity index (χ3n) is 4.15. The second kappa shape index (κ2) is 4.53. The van der Waals surface area contributed by atoms with E-state index in [0.717, 1.165) is 31.9 Å². The molecule has 1 spiro atoms. The van der Waals surface area contributed by atoms with Gasteiger partial charge in [0.1, 0.15) is 5.75 Å². The van der Waals surface area contributed by atoms with Crippen molar-refractivity contribution in [3.8, 4) is 5.75 Å². The first-order valence-electron chi connectivity index (χ1n) is 6.73. The highest BCUT2D eigenvalue weighted by molar-refractivity contribution is 5.79. The minimum Gasteiger partial charge on any atom is -0.496 e. The molecule has 102 valence electrons. The van der Waals surface area contributed by atoms with Gasteiger partial charge in [-0.05, 0) is 18.6 Å². The minimum atomic E-state index is 0.201. The number of aryl methyl sites for hydroxylation is 1. The Morgan fingerprint density at radius 3 is 2.84 bits per heavy atom. The van der Waals surface area contributed by atoms with Crippen LogP contribution in [0, 0.1) is 12.3 Å². The van der Waals surface area contributed by atoms with Crippen LogP contribution in [0.3, 0.4) is 0 Å². The highest BCUT2D eigenvalue weighted by atomic mass is 16.5. The Morgan fingerprint density at radius 2 is 2.21 bits per heavy atom. The summed E-state index contributed by atoms with van der Waals surface area (Å²) >= 11 is 0. The number of hydrogen-bond donors (Lipinski definition) is 1. The molecule has 2 saturated heterocycles. The van der Waals surface area contributed by atoms with E-state index in [9.17, 15) is 4.79 Å². The van der Waals surface area contributed by atoms with Crippen LogP contribution in [0.1, 0.15) is 17.5 Å². The first-order valence-corrected chi connectivity index (χ1v) is 6.73. The number of carbonyl (C=O) groups is 1. The molecule has 0 radical (unpaired) electrons. The van der Waals surface area contributed by atoms with Crippen LogP contribution in [0.2, 0.25) is 0 Å². The molecule has 2 aliphatic heterocycles. The van der Waals surface area contributed by atoms with Crippen molar-refractivity contribution in [1.82, 2.24) is 10.2 Å². The Bertz CT molecular complexity index is 507. The lowest BCUT2D eigenvalue weighted by Crippen LogP contribution is -2.56. The van der Waals surface area contributed by atoms with Gasteiger partial charge >= 0.3 is 0 Å². The van der Waals surface area contributed by atoms with E-state index < -0.39 is 0 Å². The van der Waals surface area contributed by atoms with E-state index in [4.69, 9.17) is 4.74 Å². The van der Waals surface area contributed by atoms with Gasteiger partial charge in [-0.2, -0.15) is 0 Å². The van der Waals surface area contributed by atoms with E-state index in [-0.39, 0.29) is 11.3 Å². The van der Waals surface area contributed by atoms with Crippen molar-refractivity contribution in [2.45, 2.75) is 19.9 Å². The van der Waals surface area contributed by atoms with E-state index in [1.165, 1.54) is 11.1 Å². The Hall–Kier alpha value is -1.55. The van der Waals surface area contributed by atoms with Crippen LogP contribution in [0.15, 0.2) is 18.2 Å². The highest BCUT2D eigenvalue weighted by Gasteiger charge is 2.47. The van der Waals surface area contributed by atoms with Gasteiger partial charge in [0, 0.05) is 43.6 Å². The molecule has 2 aliphatic rings. The van der Waals surface area contributed by atoms with E-state index in [0.29, 0.717) is 6.42 Å². The van der Waals surface area contributed by atoms with Crippen molar-refractivity contribution in [2.75, 3.05) is 26.7 Å². The molecule has 1 amide bonds. The molecule has 0 unspecified atom stereocenters. The molecule has 0 saturated carbocycles. The van der Waals surface area contributed by atoms with Crippen LogP contribution in [0.25, 0.3) is 0 Å². The van der Waals surface area contributed by atoms with E-state index in [2.05, 4.69) is 35.3 Å². The lowest BCUT2D eigenvalue weighted by molar-refractivity contribution is -0.120. The van der Waals surface area contributed by atoms with Crippen LogP contribution < -0.4 is 10.1 Å². The average Bonchev–Trinajstić information content (AvgIpc) is 2.73. The fraction of sp³-hybridized carbons (Fsp3) is 0.533. The summed E-state index contributed by atoms with van der Waals surface area (Å²) in [5, 5.41) is 2.94. The third kappa shape index (κ3) is 2.32. The highest BCUT2D eigenvalue weighted by Crippen LogP contribution is 2.38. The fourth-order valence-electron chi connectivity index (χ4n) is 3.21. The van der Waals surface area contributed by atoms with E-state index in [1.807, 2.05) is 0 Å². The van der Waals surface area contributed by atoms with Crippen molar-refractivity contribution >= 4 is 5.91 Å². The maximum atomic E-state index is 11.3. The van der Waals surface area contributed by atoms with Gasteiger partial charge in [-0.3, -0.25) is 9.69 Å². The van der Waals surface area contributed by atoms with Crippen LogP contribution in [-0.2, 0) is 11.3 Å². The zero-order valence-electron chi connectivity index (χ0n) is 11.5. The van der Waals surface area contributed by atoms with Crippen LogP contribution in [0.5, 0.6) is 5.75 Å². The molecular formula is C15H20N2O2. The molecule has 0 aromatic heterocycles. The minimum absolute atomic E-state index is 0.201. The number of hydrogen-bond acceptors (Lipinski definition) is 3. The number of likely N-dealkylation sites (tertiary alicyclic amines) is 1. The van der Waals surface area contributed by atoms with Gasteiger partial charge in [0.2, 0.25) is 5.91 Å². The molecular weight excluding hydrogens is 240 g/mol. The molecule has 19 heavy (non-hydrogen) atoms. The number of carbonyl (C=O) groups excluding carboxylic acids is 1. The van der Waals surface area contributed by atoms with Crippen molar-refractivity contribution in [1.29, 1.82) is 0 Å². The quantitative estimate of drug-likeness (QED) is 0.891. The second-order valence-electron chi connectivity index (χ2n) is 5.91. The molecule has 0 atom stereocenters. The maximum absolute atomic E-state index is 11.3. The molecule has 4 nitrogen and oxygen atoms in total. The number of rotatable bonds is 3. The lowest BCUT2D eigenvalue weighted by atomic mass is 9.79. The maximum Gasteiger partial charge on any atom is 0.220 e. The van der Waals surface area contributed by atoms with E-state index in [1.54, 1.807) is 7.11 Å². The lowest BCUT2D eigenvalue weighted by Gasteiger charge is -2.47. The monoisotopic (exact) mass is 260 g/mol. The predicted molar refractivity (Wildman–Crippen MR) is 73.1 cm³/mol. The summed E-state index contributed by atoms with van der Waals surface area (Å²) in [7, 11) is 1.72. The number of benzene rings is 1. The van der Waals surface area contributed by atoms with Gasteiger partial charge in [-0.25, -0.2) is 0 Å². The molecule has 0 aliphatic carbocycles. The smallest absolute Gasteiger partial charge is 0.220 e. The van der Waals surface area contributed by atoms with Crippen LogP contribution in [0.4, 0.5) is 0 Å². The summed E-state index contributed by atoms with van der Waals surface area (Å²) in [6.07, 6.45) is 0.689. The first-order chi connectivity index (χ1) is 9.10. The Balaban J connectivity index is 1.63. The topological polar surface area (TPSA) is 41.6 Å². The standard InChI is InChI=1S/C15H20N2O2/c1-11-3-4-12(13(5-11)19-2)7-17-9-15(10-17)6-14(18)16-8-15/h3-5H,6-10H2,1-2H3,(H,16,18). The van der Waals surface area contributed by atoms with Crippen molar-refractivity contribution < 1.29 is 9.53 Å². The molecule has 0 bridgehead atoms. The number of nitrogens with zero attached hydrogens (tertiary/aromatic N) is 1. The summed E-state index contributed by atoms with van der Waals surface area (Å²) in [4.78, 5) is 13.7. The van der Waals surface area contributed by atoms with Crippen LogP contribution in [-0.4, -0.2) is 37.6 Å². The number of nitrogens with one attached hydrogen (secondary N) is 1. The molecule has 2 fully saturated rings. The van der Waals surface area contributed by atoms with Gasteiger partial charge in [-0.1, -0.05) is 12.1 Å². The number of amides is 1. The summed E-state index contributed by atoms with van der Waals surface area (Å²) in [5.41, 5.74) is 2.64. The third-order valence-corrected chi connectivity index (χ3v) is 4.15.